The molecule has 74 valence electrons. The lowest BCUT2D eigenvalue weighted by molar-refractivity contribution is -0.117. The Morgan fingerprint density at radius 2 is 1.92 bits per heavy atom. The van der Waals surface area contributed by atoms with Gasteiger partial charge < -0.3 is 16.0 Å². The smallest absolute Gasteiger partial charge is 0.317 e. The van der Waals surface area contributed by atoms with Crippen LogP contribution in [0, 0.1) is 0 Å². The molecule has 0 unspecified atom stereocenters. The van der Waals surface area contributed by atoms with Gasteiger partial charge in [0.1, 0.15) is 0 Å². The Labute approximate surface area is 77.3 Å². The SMILES string of the molecule is NC(=O)CCNC(=O)N1CCCC1. The lowest BCUT2D eigenvalue weighted by Gasteiger charge is -2.15. The van der Waals surface area contributed by atoms with Crippen LogP contribution in [-0.2, 0) is 4.79 Å². The third-order valence-corrected chi connectivity index (χ3v) is 2.04. The zero-order chi connectivity index (χ0) is 9.68. The van der Waals surface area contributed by atoms with Gasteiger partial charge in [0.2, 0.25) is 5.91 Å². The topological polar surface area (TPSA) is 75.4 Å². The van der Waals surface area contributed by atoms with Gasteiger partial charge >= 0.3 is 6.03 Å². The van der Waals surface area contributed by atoms with Gasteiger partial charge in [-0.3, -0.25) is 4.79 Å². The first-order valence-electron chi connectivity index (χ1n) is 4.51. The highest BCUT2D eigenvalue weighted by molar-refractivity contribution is 5.77. The summed E-state index contributed by atoms with van der Waals surface area (Å²) in [5, 5.41) is 2.64. The molecule has 0 spiro atoms. The number of nitrogens with one attached hydrogen (secondary N) is 1. The van der Waals surface area contributed by atoms with Crippen LogP contribution < -0.4 is 11.1 Å². The average molecular weight is 185 g/mol. The van der Waals surface area contributed by atoms with Gasteiger partial charge in [-0.1, -0.05) is 0 Å². The number of likely N-dealkylation sites (tertiary alicyclic amines) is 1. The molecule has 0 aliphatic carbocycles. The summed E-state index contributed by atoms with van der Waals surface area (Å²) in [6.07, 6.45) is 2.35. The summed E-state index contributed by atoms with van der Waals surface area (Å²) in [7, 11) is 0. The van der Waals surface area contributed by atoms with Crippen LogP contribution in [0.2, 0.25) is 0 Å². The second-order valence-corrected chi connectivity index (χ2v) is 3.14. The number of nitrogens with zero attached hydrogens (tertiary/aromatic N) is 1. The van der Waals surface area contributed by atoms with Crippen molar-refractivity contribution in [1.29, 1.82) is 0 Å². The molecule has 13 heavy (non-hydrogen) atoms. The fourth-order valence-electron chi connectivity index (χ4n) is 1.32. The molecule has 1 saturated heterocycles. The normalized spacial score (nSPS) is 15.8. The number of nitrogens with two attached hydrogens (primary N) is 1. The standard InChI is InChI=1S/C8H15N3O2/c9-7(12)3-4-10-8(13)11-5-1-2-6-11/h1-6H2,(H2,9,12)(H,10,13). The van der Waals surface area contributed by atoms with Gasteiger partial charge in [-0.05, 0) is 12.8 Å². The molecule has 0 atom stereocenters. The fraction of sp³-hybridized carbons (Fsp3) is 0.750. The maximum atomic E-state index is 11.3. The minimum atomic E-state index is -0.387. The molecule has 1 aliphatic heterocycles. The van der Waals surface area contributed by atoms with Crippen molar-refractivity contribution in [3.05, 3.63) is 0 Å². The van der Waals surface area contributed by atoms with Crippen molar-refractivity contribution in [1.82, 2.24) is 10.2 Å². The van der Waals surface area contributed by atoms with Crippen LogP contribution >= 0.6 is 0 Å². The van der Waals surface area contributed by atoms with E-state index in [-0.39, 0.29) is 18.4 Å². The Hall–Kier alpha value is -1.26. The minimum absolute atomic E-state index is 0.0845. The van der Waals surface area contributed by atoms with Crippen molar-refractivity contribution in [2.45, 2.75) is 19.3 Å². The van der Waals surface area contributed by atoms with Crippen LogP contribution in [0.15, 0.2) is 0 Å². The van der Waals surface area contributed by atoms with E-state index in [1.807, 2.05) is 0 Å². The number of hydrogen-bond donors (Lipinski definition) is 2. The molecular formula is C8H15N3O2. The van der Waals surface area contributed by atoms with Crippen LogP contribution in [0.3, 0.4) is 0 Å². The third kappa shape index (κ3) is 3.31. The van der Waals surface area contributed by atoms with E-state index in [9.17, 15) is 9.59 Å². The number of rotatable bonds is 3. The molecule has 5 heteroatoms. The van der Waals surface area contributed by atoms with Gasteiger partial charge in [0.05, 0.1) is 0 Å². The van der Waals surface area contributed by atoms with E-state index in [1.54, 1.807) is 4.90 Å². The number of hydrogen-bond acceptors (Lipinski definition) is 2. The molecule has 0 aromatic rings. The van der Waals surface area contributed by atoms with Crippen molar-refractivity contribution in [3.8, 4) is 0 Å². The molecule has 1 aliphatic rings. The second-order valence-electron chi connectivity index (χ2n) is 3.14. The number of carbonyl (C=O) groups is 2. The summed E-state index contributed by atoms with van der Waals surface area (Å²) in [6, 6.07) is -0.0845. The van der Waals surface area contributed by atoms with Crippen molar-refractivity contribution in [3.63, 3.8) is 0 Å². The van der Waals surface area contributed by atoms with Crippen LogP contribution in [0.25, 0.3) is 0 Å². The Bertz CT molecular complexity index is 200. The number of amides is 3. The molecule has 0 aromatic carbocycles. The second kappa shape index (κ2) is 4.69. The molecular weight excluding hydrogens is 170 g/mol. The summed E-state index contributed by atoms with van der Waals surface area (Å²) in [4.78, 5) is 23.4. The monoisotopic (exact) mass is 185 g/mol. The van der Waals surface area contributed by atoms with E-state index >= 15 is 0 Å². The van der Waals surface area contributed by atoms with Gasteiger partial charge in [-0.2, -0.15) is 0 Å². The summed E-state index contributed by atoms with van der Waals surface area (Å²) in [5.74, 6) is -0.387. The van der Waals surface area contributed by atoms with Gasteiger partial charge in [0, 0.05) is 26.1 Å². The highest BCUT2D eigenvalue weighted by Crippen LogP contribution is 2.06. The predicted molar refractivity (Wildman–Crippen MR) is 48.0 cm³/mol. The Morgan fingerprint density at radius 3 is 2.46 bits per heavy atom. The van der Waals surface area contributed by atoms with E-state index < -0.39 is 0 Å². The number of primary amides is 1. The van der Waals surface area contributed by atoms with E-state index in [2.05, 4.69) is 5.32 Å². The summed E-state index contributed by atoms with van der Waals surface area (Å²) in [5.41, 5.74) is 4.93. The summed E-state index contributed by atoms with van der Waals surface area (Å²) in [6.45, 7) is 1.98. The third-order valence-electron chi connectivity index (χ3n) is 2.04. The maximum Gasteiger partial charge on any atom is 0.317 e. The summed E-state index contributed by atoms with van der Waals surface area (Å²) >= 11 is 0. The Balaban J connectivity index is 2.13. The van der Waals surface area contributed by atoms with E-state index in [0.29, 0.717) is 6.54 Å². The van der Waals surface area contributed by atoms with Crippen molar-refractivity contribution in [2.75, 3.05) is 19.6 Å². The maximum absolute atomic E-state index is 11.3. The van der Waals surface area contributed by atoms with Crippen LogP contribution in [-0.4, -0.2) is 36.5 Å². The highest BCUT2D eigenvalue weighted by atomic mass is 16.2. The van der Waals surface area contributed by atoms with Crippen LogP contribution in [0.1, 0.15) is 19.3 Å². The molecule has 1 fully saturated rings. The molecule has 5 nitrogen and oxygen atoms in total. The first-order valence-corrected chi connectivity index (χ1v) is 4.51. The predicted octanol–water partition coefficient (Wildman–Crippen LogP) is -0.333. The van der Waals surface area contributed by atoms with Crippen molar-refractivity contribution < 1.29 is 9.59 Å². The molecule has 1 rings (SSSR count). The Morgan fingerprint density at radius 1 is 1.31 bits per heavy atom. The van der Waals surface area contributed by atoms with Gasteiger partial charge in [-0.25, -0.2) is 4.79 Å². The molecule has 3 amide bonds. The van der Waals surface area contributed by atoms with Gasteiger partial charge in [-0.15, -0.1) is 0 Å². The zero-order valence-corrected chi connectivity index (χ0v) is 7.58. The lowest BCUT2D eigenvalue weighted by Crippen LogP contribution is -2.39. The summed E-state index contributed by atoms with van der Waals surface area (Å²) < 4.78 is 0. The fourth-order valence-corrected chi connectivity index (χ4v) is 1.32. The quantitative estimate of drug-likeness (QED) is 0.631. The molecule has 0 saturated carbocycles. The molecule has 0 radical (unpaired) electrons. The van der Waals surface area contributed by atoms with E-state index in [0.717, 1.165) is 25.9 Å². The Kier molecular flexibility index (Phi) is 3.54. The molecule has 0 aromatic heterocycles. The van der Waals surface area contributed by atoms with Gasteiger partial charge in [0.15, 0.2) is 0 Å². The van der Waals surface area contributed by atoms with Crippen molar-refractivity contribution >= 4 is 11.9 Å². The number of carbonyl (C=O) groups excluding carboxylic acids is 2. The zero-order valence-electron chi connectivity index (χ0n) is 7.58. The van der Waals surface area contributed by atoms with Crippen molar-refractivity contribution in [2.24, 2.45) is 5.73 Å². The molecule has 3 N–H and O–H groups in total. The number of urea groups is 1. The first-order chi connectivity index (χ1) is 6.20. The molecule has 0 bridgehead atoms. The largest absolute Gasteiger partial charge is 0.370 e. The minimum Gasteiger partial charge on any atom is -0.370 e. The highest BCUT2D eigenvalue weighted by Gasteiger charge is 2.16. The lowest BCUT2D eigenvalue weighted by atomic mass is 10.4. The van der Waals surface area contributed by atoms with Crippen LogP contribution in [0.5, 0.6) is 0 Å². The first kappa shape index (κ1) is 9.83. The van der Waals surface area contributed by atoms with Gasteiger partial charge in [0.25, 0.3) is 0 Å². The van der Waals surface area contributed by atoms with Crippen LogP contribution in [0.4, 0.5) is 4.79 Å². The molecule has 1 heterocycles. The average Bonchev–Trinajstić information content (AvgIpc) is 2.55. The van der Waals surface area contributed by atoms with E-state index in [4.69, 9.17) is 5.73 Å². The van der Waals surface area contributed by atoms with E-state index in [1.165, 1.54) is 0 Å².